The smallest absolute Gasteiger partial charge is 0.283 e. The number of rotatable bonds is 4. The molecule has 0 aliphatic carbocycles. The Morgan fingerprint density at radius 3 is 3.10 bits per heavy atom. The number of nitrogens with zero attached hydrogens (tertiary/aromatic N) is 5. The molecule has 0 radical (unpaired) electrons. The van der Waals surface area contributed by atoms with E-state index in [-0.39, 0.29) is 0 Å². The molecule has 0 bridgehead atoms. The van der Waals surface area contributed by atoms with Crippen molar-refractivity contribution in [1.82, 2.24) is 20.2 Å². The lowest BCUT2D eigenvalue weighted by Crippen LogP contribution is -1.88. The van der Waals surface area contributed by atoms with Crippen LogP contribution in [0.15, 0.2) is 38.4 Å². The first-order valence-corrected chi connectivity index (χ1v) is 7.70. The number of aromatic nitrogens is 4. The van der Waals surface area contributed by atoms with Crippen molar-refractivity contribution < 1.29 is 4.42 Å². The fourth-order valence-electron chi connectivity index (χ4n) is 1.64. The largest absolute Gasteiger partial charge is 0.415 e. The highest BCUT2D eigenvalue weighted by Crippen LogP contribution is 2.27. The van der Waals surface area contributed by atoms with Crippen molar-refractivity contribution in [3.05, 3.63) is 45.9 Å². The molecule has 0 aliphatic rings. The Balaban J connectivity index is 1.75. The molecule has 0 spiro atoms. The van der Waals surface area contributed by atoms with Gasteiger partial charge in [0, 0.05) is 11.6 Å². The van der Waals surface area contributed by atoms with E-state index in [0.29, 0.717) is 28.1 Å². The molecular formula is C13H9N5OS2. The average molecular weight is 315 g/mol. The van der Waals surface area contributed by atoms with Gasteiger partial charge in [0.05, 0.1) is 22.7 Å². The molecular weight excluding hydrogens is 306 g/mol. The normalized spacial score (nSPS) is 10.5. The predicted octanol–water partition coefficient (Wildman–Crippen LogP) is 2.84. The van der Waals surface area contributed by atoms with Crippen LogP contribution in [0.3, 0.4) is 0 Å². The van der Waals surface area contributed by atoms with Gasteiger partial charge >= 0.3 is 0 Å². The monoisotopic (exact) mass is 315 g/mol. The third kappa shape index (κ3) is 3.26. The minimum atomic E-state index is 0.368. The number of thiazole rings is 1. The molecule has 3 heterocycles. The van der Waals surface area contributed by atoms with Crippen LogP contribution in [0, 0.1) is 18.3 Å². The standard InChI is InChI=1S/C13H9N5OS2/c1-8-16-10(7-20-8)5-11-17-18-13(19-11)21-12-9(6-14)3-2-4-15-12/h2-4,7H,5H2,1H3. The Morgan fingerprint density at radius 2 is 2.33 bits per heavy atom. The lowest BCUT2D eigenvalue weighted by Gasteiger charge is -1.97. The van der Waals surface area contributed by atoms with Crippen molar-refractivity contribution in [3.63, 3.8) is 0 Å². The minimum absolute atomic E-state index is 0.368. The zero-order chi connectivity index (χ0) is 14.7. The Morgan fingerprint density at radius 1 is 1.43 bits per heavy atom. The van der Waals surface area contributed by atoms with Gasteiger partial charge in [-0.25, -0.2) is 9.97 Å². The van der Waals surface area contributed by atoms with Gasteiger partial charge in [0.1, 0.15) is 11.1 Å². The summed E-state index contributed by atoms with van der Waals surface area (Å²) in [4.78, 5) is 8.50. The molecule has 6 nitrogen and oxygen atoms in total. The molecule has 0 saturated heterocycles. The number of nitriles is 1. The van der Waals surface area contributed by atoms with Gasteiger partial charge in [-0.2, -0.15) is 5.26 Å². The second-order valence-corrected chi connectivity index (χ2v) is 6.07. The fraction of sp³-hybridized carbons (Fsp3) is 0.154. The highest BCUT2D eigenvalue weighted by atomic mass is 32.2. The van der Waals surface area contributed by atoms with Crippen LogP contribution in [0.25, 0.3) is 0 Å². The molecule has 0 aromatic carbocycles. The third-order valence-electron chi connectivity index (χ3n) is 2.52. The summed E-state index contributed by atoms with van der Waals surface area (Å²) in [5.74, 6) is 0.497. The van der Waals surface area contributed by atoms with Crippen molar-refractivity contribution in [1.29, 1.82) is 5.26 Å². The highest BCUT2D eigenvalue weighted by Gasteiger charge is 2.13. The molecule has 0 N–H and O–H groups in total. The van der Waals surface area contributed by atoms with Gasteiger partial charge in [0.25, 0.3) is 5.22 Å². The molecule has 104 valence electrons. The molecule has 0 amide bonds. The molecule has 0 unspecified atom stereocenters. The minimum Gasteiger partial charge on any atom is -0.415 e. The summed E-state index contributed by atoms with van der Waals surface area (Å²) < 4.78 is 5.56. The molecule has 0 fully saturated rings. The van der Waals surface area contributed by atoms with Crippen LogP contribution in [0.1, 0.15) is 22.2 Å². The molecule has 3 aromatic rings. The van der Waals surface area contributed by atoms with Gasteiger partial charge in [-0.05, 0) is 30.8 Å². The number of hydrogen-bond acceptors (Lipinski definition) is 8. The number of hydrogen-bond donors (Lipinski definition) is 0. The summed E-state index contributed by atoms with van der Waals surface area (Å²) >= 11 is 2.77. The van der Waals surface area contributed by atoms with Crippen LogP contribution in [-0.4, -0.2) is 20.2 Å². The zero-order valence-corrected chi connectivity index (χ0v) is 12.6. The fourth-order valence-corrected chi connectivity index (χ4v) is 2.97. The van der Waals surface area contributed by atoms with E-state index < -0.39 is 0 Å². The number of aryl methyl sites for hydroxylation is 1. The Hall–Kier alpha value is -2.24. The maximum atomic E-state index is 9.02. The summed E-state index contributed by atoms with van der Waals surface area (Å²) in [5, 5.41) is 20.9. The van der Waals surface area contributed by atoms with E-state index >= 15 is 0 Å². The summed E-state index contributed by atoms with van der Waals surface area (Å²) in [6, 6.07) is 5.50. The average Bonchev–Trinajstić information content (AvgIpc) is 3.09. The molecule has 0 atom stereocenters. The van der Waals surface area contributed by atoms with Gasteiger partial charge in [-0.3, -0.25) is 0 Å². The van der Waals surface area contributed by atoms with Gasteiger partial charge in [0.2, 0.25) is 5.89 Å². The van der Waals surface area contributed by atoms with E-state index in [2.05, 4.69) is 26.2 Å². The van der Waals surface area contributed by atoms with Crippen LogP contribution in [0.4, 0.5) is 0 Å². The van der Waals surface area contributed by atoms with Gasteiger partial charge in [-0.1, -0.05) is 0 Å². The third-order valence-corrected chi connectivity index (χ3v) is 4.20. The van der Waals surface area contributed by atoms with Gasteiger partial charge in [-0.15, -0.1) is 21.5 Å². The lowest BCUT2D eigenvalue weighted by molar-refractivity contribution is 0.419. The Labute approximate surface area is 128 Å². The van der Waals surface area contributed by atoms with E-state index in [9.17, 15) is 0 Å². The van der Waals surface area contributed by atoms with Gasteiger partial charge in [0.15, 0.2) is 0 Å². The molecule has 3 rings (SSSR count). The van der Waals surface area contributed by atoms with E-state index in [1.165, 1.54) is 11.8 Å². The summed E-state index contributed by atoms with van der Waals surface area (Å²) in [6.07, 6.45) is 2.13. The van der Waals surface area contributed by atoms with E-state index in [1.807, 2.05) is 12.3 Å². The van der Waals surface area contributed by atoms with Crippen LogP contribution in [0.5, 0.6) is 0 Å². The Bertz CT molecular complexity index is 805. The van der Waals surface area contributed by atoms with Crippen LogP contribution >= 0.6 is 23.1 Å². The first-order valence-electron chi connectivity index (χ1n) is 6.01. The number of pyridine rings is 1. The molecule has 3 aromatic heterocycles. The first kappa shape index (κ1) is 13.7. The lowest BCUT2D eigenvalue weighted by atomic mass is 10.3. The van der Waals surface area contributed by atoms with Crippen molar-refractivity contribution in [2.45, 2.75) is 23.6 Å². The second-order valence-electron chi connectivity index (χ2n) is 4.07. The van der Waals surface area contributed by atoms with Crippen LogP contribution in [0.2, 0.25) is 0 Å². The maximum absolute atomic E-state index is 9.02. The van der Waals surface area contributed by atoms with Crippen LogP contribution in [-0.2, 0) is 6.42 Å². The predicted molar refractivity (Wildman–Crippen MR) is 77.0 cm³/mol. The van der Waals surface area contributed by atoms with E-state index in [1.54, 1.807) is 29.7 Å². The second kappa shape index (κ2) is 6.03. The summed E-state index contributed by atoms with van der Waals surface area (Å²) in [6.45, 7) is 1.95. The summed E-state index contributed by atoms with van der Waals surface area (Å²) in [7, 11) is 0. The zero-order valence-electron chi connectivity index (χ0n) is 11.0. The quantitative estimate of drug-likeness (QED) is 0.731. The SMILES string of the molecule is Cc1nc(Cc2nnc(Sc3ncccc3C#N)o2)cs1. The Kier molecular flexibility index (Phi) is 3.94. The summed E-state index contributed by atoms with van der Waals surface area (Å²) in [5.41, 5.74) is 1.39. The molecule has 0 saturated carbocycles. The van der Waals surface area contributed by atoms with Crippen LogP contribution < -0.4 is 0 Å². The van der Waals surface area contributed by atoms with E-state index in [4.69, 9.17) is 9.68 Å². The highest BCUT2D eigenvalue weighted by molar-refractivity contribution is 7.99. The molecule has 0 aliphatic heterocycles. The van der Waals surface area contributed by atoms with Crippen molar-refractivity contribution >= 4 is 23.1 Å². The maximum Gasteiger partial charge on any atom is 0.283 e. The molecule has 8 heteroatoms. The van der Waals surface area contributed by atoms with Crippen molar-refractivity contribution in [2.24, 2.45) is 0 Å². The topological polar surface area (TPSA) is 88.5 Å². The van der Waals surface area contributed by atoms with Gasteiger partial charge < -0.3 is 4.42 Å². The van der Waals surface area contributed by atoms with E-state index in [0.717, 1.165) is 10.7 Å². The molecule has 21 heavy (non-hydrogen) atoms. The van der Waals surface area contributed by atoms with Crippen molar-refractivity contribution in [2.75, 3.05) is 0 Å². The van der Waals surface area contributed by atoms with Crippen molar-refractivity contribution in [3.8, 4) is 6.07 Å². The first-order chi connectivity index (χ1) is 10.2.